The lowest BCUT2D eigenvalue weighted by Gasteiger charge is -2.38. The summed E-state index contributed by atoms with van der Waals surface area (Å²) in [5.41, 5.74) is 1.19. The lowest BCUT2D eigenvalue weighted by atomic mass is 9.92. The van der Waals surface area contributed by atoms with Crippen LogP contribution in [0.4, 0.5) is 0 Å². The van der Waals surface area contributed by atoms with Gasteiger partial charge < -0.3 is 4.90 Å². The third-order valence-electron chi connectivity index (χ3n) is 5.32. The topological polar surface area (TPSA) is 23.6 Å². The van der Waals surface area contributed by atoms with Gasteiger partial charge in [0.25, 0.3) is 5.91 Å². The van der Waals surface area contributed by atoms with E-state index in [9.17, 15) is 4.79 Å². The summed E-state index contributed by atoms with van der Waals surface area (Å²) in [6.07, 6.45) is 2.40. The van der Waals surface area contributed by atoms with E-state index < -0.39 is 0 Å². The molecule has 4 heterocycles. The Labute approximate surface area is 151 Å². The van der Waals surface area contributed by atoms with Crippen LogP contribution in [0.2, 0.25) is 0 Å². The van der Waals surface area contributed by atoms with Crippen LogP contribution >= 0.6 is 22.7 Å². The van der Waals surface area contributed by atoms with E-state index in [-0.39, 0.29) is 5.91 Å². The summed E-state index contributed by atoms with van der Waals surface area (Å²) in [5, 5.41) is 2.08. The molecule has 128 valence electrons. The molecule has 1 amide bonds. The van der Waals surface area contributed by atoms with Crippen molar-refractivity contribution in [1.29, 1.82) is 0 Å². The Morgan fingerprint density at radius 3 is 2.79 bits per heavy atom. The Kier molecular flexibility index (Phi) is 4.50. The van der Waals surface area contributed by atoms with E-state index in [0.717, 1.165) is 31.1 Å². The van der Waals surface area contributed by atoms with Crippen molar-refractivity contribution in [2.45, 2.75) is 39.3 Å². The number of nitrogens with zero attached hydrogens (tertiary/aromatic N) is 2. The number of carbonyl (C=O) groups is 1. The molecule has 0 radical (unpaired) electrons. The summed E-state index contributed by atoms with van der Waals surface area (Å²) in [6, 6.07) is 6.89. The molecular weight excluding hydrogens is 336 g/mol. The van der Waals surface area contributed by atoms with Crippen molar-refractivity contribution >= 4 is 28.6 Å². The lowest BCUT2D eigenvalue weighted by molar-refractivity contribution is 0.0596. The van der Waals surface area contributed by atoms with E-state index in [1.807, 2.05) is 17.4 Å². The first-order valence-corrected chi connectivity index (χ1v) is 10.4. The molecule has 0 aliphatic carbocycles. The highest BCUT2D eigenvalue weighted by molar-refractivity contribution is 7.12. The molecule has 5 heteroatoms. The molecule has 2 aliphatic heterocycles. The Balaban J connectivity index is 1.46. The number of piperidine rings is 1. The fraction of sp³-hybridized carbons (Fsp3) is 0.526. The fourth-order valence-electron chi connectivity index (χ4n) is 4.08. The first kappa shape index (κ1) is 16.3. The van der Waals surface area contributed by atoms with Crippen molar-refractivity contribution in [3.63, 3.8) is 0 Å². The number of likely N-dealkylation sites (tertiary alicyclic amines) is 2. The summed E-state index contributed by atoms with van der Waals surface area (Å²) in [5.74, 6) is 0.936. The van der Waals surface area contributed by atoms with Gasteiger partial charge in [-0.1, -0.05) is 0 Å². The Morgan fingerprint density at radius 1 is 1.25 bits per heavy atom. The second-order valence-electron chi connectivity index (χ2n) is 7.14. The molecule has 2 aromatic rings. The van der Waals surface area contributed by atoms with E-state index in [4.69, 9.17) is 0 Å². The summed E-state index contributed by atoms with van der Waals surface area (Å²) in [6.45, 7) is 8.38. The molecule has 4 rings (SSSR count). The Hall–Kier alpha value is -1.17. The normalized spacial score (nSPS) is 24.3. The van der Waals surface area contributed by atoms with E-state index in [1.54, 1.807) is 11.3 Å². The Bertz CT molecular complexity index is 735. The van der Waals surface area contributed by atoms with E-state index in [2.05, 4.69) is 41.2 Å². The van der Waals surface area contributed by atoms with Crippen LogP contribution in [0.25, 0.3) is 0 Å². The molecule has 2 aromatic heterocycles. The molecule has 0 saturated carbocycles. The van der Waals surface area contributed by atoms with Gasteiger partial charge >= 0.3 is 0 Å². The molecule has 0 spiro atoms. The number of carbonyl (C=O) groups excluding carboxylic acids is 1. The predicted molar refractivity (Wildman–Crippen MR) is 101 cm³/mol. The van der Waals surface area contributed by atoms with Crippen LogP contribution in [0.1, 0.15) is 37.8 Å². The summed E-state index contributed by atoms with van der Waals surface area (Å²) in [4.78, 5) is 21.3. The molecule has 2 atom stereocenters. The van der Waals surface area contributed by atoms with Gasteiger partial charge in [-0.2, -0.15) is 0 Å². The van der Waals surface area contributed by atoms with Crippen LogP contribution in [0.3, 0.4) is 0 Å². The highest BCUT2D eigenvalue weighted by Gasteiger charge is 2.41. The predicted octanol–water partition coefficient (Wildman–Crippen LogP) is 4.16. The second kappa shape index (κ2) is 6.62. The van der Waals surface area contributed by atoms with E-state index in [0.29, 0.717) is 12.0 Å². The zero-order valence-electron chi connectivity index (χ0n) is 14.3. The van der Waals surface area contributed by atoms with E-state index in [1.165, 1.54) is 28.2 Å². The monoisotopic (exact) mass is 360 g/mol. The van der Waals surface area contributed by atoms with Gasteiger partial charge in [0.05, 0.1) is 4.88 Å². The van der Waals surface area contributed by atoms with Crippen LogP contribution < -0.4 is 0 Å². The molecule has 2 fully saturated rings. The van der Waals surface area contributed by atoms with Crippen LogP contribution in [-0.4, -0.2) is 41.4 Å². The van der Waals surface area contributed by atoms with Crippen molar-refractivity contribution in [3.05, 3.63) is 43.8 Å². The molecular formula is C19H24N2OS2. The third-order valence-corrected chi connectivity index (χ3v) is 7.35. The number of rotatable bonds is 3. The van der Waals surface area contributed by atoms with Crippen molar-refractivity contribution in [2.75, 3.05) is 19.6 Å². The molecule has 24 heavy (non-hydrogen) atoms. The lowest BCUT2D eigenvalue weighted by Crippen LogP contribution is -2.49. The number of hydrogen-bond acceptors (Lipinski definition) is 4. The molecule has 2 aliphatic rings. The molecule has 2 unspecified atom stereocenters. The number of amides is 1. The molecule has 2 saturated heterocycles. The summed E-state index contributed by atoms with van der Waals surface area (Å²) < 4.78 is 0. The van der Waals surface area contributed by atoms with Gasteiger partial charge in [-0.15, -0.1) is 22.7 Å². The zero-order chi connectivity index (χ0) is 16.7. The van der Waals surface area contributed by atoms with Gasteiger partial charge in [-0.05, 0) is 68.3 Å². The highest BCUT2D eigenvalue weighted by atomic mass is 32.1. The van der Waals surface area contributed by atoms with Gasteiger partial charge in [0.15, 0.2) is 0 Å². The number of hydrogen-bond donors (Lipinski definition) is 0. The Morgan fingerprint density at radius 2 is 2.08 bits per heavy atom. The van der Waals surface area contributed by atoms with Gasteiger partial charge in [-0.25, -0.2) is 0 Å². The van der Waals surface area contributed by atoms with Crippen LogP contribution in [0, 0.1) is 19.8 Å². The first-order chi connectivity index (χ1) is 11.6. The van der Waals surface area contributed by atoms with Crippen LogP contribution in [-0.2, 0) is 6.54 Å². The molecule has 0 aromatic carbocycles. The molecule has 0 N–H and O–H groups in total. The number of aryl methyl sites for hydroxylation is 2. The quantitative estimate of drug-likeness (QED) is 0.820. The average molecular weight is 361 g/mol. The van der Waals surface area contributed by atoms with Crippen LogP contribution in [0.5, 0.6) is 0 Å². The smallest absolute Gasteiger partial charge is 0.264 e. The number of fused-ring (bicyclic) bond motifs is 1. The first-order valence-electron chi connectivity index (χ1n) is 8.74. The van der Waals surface area contributed by atoms with E-state index >= 15 is 0 Å². The minimum atomic E-state index is 0.245. The maximum absolute atomic E-state index is 12.9. The van der Waals surface area contributed by atoms with Gasteiger partial charge in [0, 0.05) is 35.4 Å². The second-order valence-corrected chi connectivity index (χ2v) is 9.42. The summed E-state index contributed by atoms with van der Waals surface area (Å²) >= 11 is 3.48. The van der Waals surface area contributed by atoms with Crippen molar-refractivity contribution < 1.29 is 4.79 Å². The fourth-order valence-corrected chi connectivity index (χ4v) is 5.86. The maximum Gasteiger partial charge on any atom is 0.264 e. The molecule has 3 nitrogen and oxygen atoms in total. The van der Waals surface area contributed by atoms with Gasteiger partial charge in [0.2, 0.25) is 0 Å². The zero-order valence-corrected chi connectivity index (χ0v) is 16.0. The average Bonchev–Trinajstić information content (AvgIpc) is 3.27. The maximum atomic E-state index is 12.9. The highest BCUT2D eigenvalue weighted by Crippen LogP contribution is 2.34. The third kappa shape index (κ3) is 3.17. The minimum Gasteiger partial charge on any atom is -0.333 e. The van der Waals surface area contributed by atoms with Gasteiger partial charge in [0.1, 0.15) is 0 Å². The SMILES string of the molecule is Cc1csc(C(=O)N2CCC3CCN(Cc4ccc(C)s4)CC32)c1. The van der Waals surface area contributed by atoms with Crippen molar-refractivity contribution in [1.82, 2.24) is 9.80 Å². The summed E-state index contributed by atoms with van der Waals surface area (Å²) in [7, 11) is 0. The van der Waals surface area contributed by atoms with Crippen molar-refractivity contribution in [2.24, 2.45) is 5.92 Å². The molecule has 0 bridgehead atoms. The largest absolute Gasteiger partial charge is 0.333 e. The standard InChI is InChI=1S/C19H24N2OS2/c1-13-9-18(23-12-13)19(22)21-8-6-15-5-7-20(11-17(15)21)10-16-4-3-14(2)24-16/h3-4,9,12,15,17H,5-8,10-11H2,1-2H3. The number of thiophene rings is 2. The minimum absolute atomic E-state index is 0.245. The van der Waals surface area contributed by atoms with Crippen LogP contribution in [0.15, 0.2) is 23.6 Å². The van der Waals surface area contributed by atoms with Gasteiger partial charge in [-0.3, -0.25) is 9.69 Å². The van der Waals surface area contributed by atoms with Crippen molar-refractivity contribution in [3.8, 4) is 0 Å².